The van der Waals surface area contributed by atoms with Gasteiger partial charge in [-0.1, -0.05) is 34.1 Å². The zero-order valence-electron chi connectivity index (χ0n) is 12.7. The third kappa shape index (κ3) is 4.70. The molecule has 0 bridgehead atoms. The van der Waals surface area contributed by atoms with E-state index in [4.69, 9.17) is 4.74 Å². The van der Waals surface area contributed by atoms with Crippen molar-refractivity contribution in [3.8, 4) is 5.75 Å². The molecule has 0 unspecified atom stereocenters. The predicted molar refractivity (Wildman–Crippen MR) is 80.2 cm³/mol. The van der Waals surface area contributed by atoms with Gasteiger partial charge in [0.25, 0.3) is 0 Å². The lowest BCUT2D eigenvalue weighted by molar-refractivity contribution is 0.0979. The van der Waals surface area contributed by atoms with Crippen molar-refractivity contribution in [3.05, 3.63) is 29.3 Å². The molecule has 0 radical (unpaired) electrons. The van der Waals surface area contributed by atoms with Crippen LogP contribution in [-0.4, -0.2) is 12.4 Å². The van der Waals surface area contributed by atoms with Gasteiger partial charge in [0.05, 0.1) is 6.61 Å². The Hall–Kier alpha value is -1.31. The van der Waals surface area contributed by atoms with E-state index in [0.717, 1.165) is 42.7 Å². The minimum Gasteiger partial charge on any atom is -0.493 e. The van der Waals surface area contributed by atoms with Crippen LogP contribution in [0.3, 0.4) is 0 Å². The molecule has 19 heavy (non-hydrogen) atoms. The number of hydrogen-bond donors (Lipinski definition) is 0. The smallest absolute Gasteiger partial charge is 0.162 e. The Morgan fingerprint density at radius 2 is 1.95 bits per heavy atom. The average molecular weight is 262 g/mol. The number of ketones is 1. The quantitative estimate of drug-likeness (QED) is 0.618. The second-order valence-corrected chi connectivity index (χ2v) is 5.28. The van der Waals surface area contributed by atoms with Crippen LogP contribution < -0.4 is 4.74 Å². The Labute approximate surface area is 117 Å². The van der Waals surface area contributed by atoms with Gasteiger partial charge in [0.15, 0.2) is 5.78 Å². The zero-order chi connectivity index (χ0) is 14.3. The van der Waals surface area contributed by atoms with E-state index in [2.05, 4.69) is 27.7 Å². The molecule has 0 amide bonds. The molecule has 106 valence electrons. The SMILES string of the molecule is CCCCC(=O)c1ccc(OCCC)c(C(C)C)c1. The minimum absolute atomic E-state index is 0.241. The maximum absolute atomic E-state index is 12.1. The van der Waals surface area contributed by atoms with E-state index in [1.165, 1.54) is 0 Å². The molecule has 0 fully saturated rings. The van der Waals surface area contributed by atoms with Crippen LogP contribution in [0.5, 0.6) is 5.75 Å². The predicted octanol–water partition coefficient (Wildman–Crippen LogP) is 4.97. The van der Waals surface area contributed by atoms with Gasteiger partial charge in [0.1, 0.15) is 5.75 Å². The first-order chi connectivity index (χ1) is 9.10. The van der Waals surface area contributed by atoms with Crippen LogP contribution in [0.25, 0.3) is 0 Å². The fraction of sp³-hybridized carbons (Fsp3) is 0.588. The normalized spacial score (nSPS) is 10.8. The van der Waals surface area contributed by atoms with Crippen LogP contribution in [0.1, 0.15) is 75.2 Å². The molecular formula is C17H26O2. The van der Waals surface area contributed by atoms with Gasteiger partial charge in [0.2, 0.25) is 0 Å². The number of carbonyl (C=O) groups excluding carboxylic acids is 1. The summed E-state index contributed by atoms with van der Waals surface area (Å²) in [6.07, 6.45) is 3.66. The molecule has 0 spiro atoms. The van der Waals surface area contributed by atoms with Crippen molar-refractivity contribution in [1.29, 1.82) is 0 Å². The van der Waals surface area contributed by atoms with Gasteiger partial charge in [-0.15, -0.1) is 0 Å². The maximum atomic E-state index is 12.1. The second-order valence-electron chi connectivity index (χ2n) is 5.28. The molecule has 2 nitrogen and oxygen atoms in total. The summed E-state index contributed by atoms with van der Waals surface area (Å²) in [5, 5.41) is 0. The number of benzene rings is 1. The minimum atomic E-state index is 0.241. The summed E-state index contributed by atoms with van der Waals surface area (Å²) in [6, 6.07) is 5.85. The van der Waals surface area contributed by atoms with Crippen molar-refractivity contribution >= 4 is 5.78 Å². The van der Waals surface area contributed by atoms with Crippen LogP contribution in [0.15, 0.2) is 18.2 Å². The lowest BCUT2D eigenvalue weighted by Crippen LogP contribution is -2.04. The monoisotopic (exact) mass is 262 g/mol. The Bertz CT molecular complexity index is 408. The van der Waals surface area contributed by atoms with Crippen LogP contribution in [0.4, 0.5) is 0 Å². The van der Waals surface area contributed by atoms with E-state index in [0.29, 0.717) is 12.3 Å². The van der Waals surface area contributed by atoms with Crippen molar-refractivity contribution in [2.24, 2.45) is 0 Å². The van der Waals surface area contributed by atoms with Crippen molar-refractivity contribution in [2.45, 2.75) is 59.3 Å². The van der Waals surface area contributed by atoms with E-state index in [-0.39, 0.29) is 5.78 Å². The number of rotatable bonds is 8. The van der Waals surface area contributed by atoms with Gasteiger partial charge in [-0.25, -0.2) is 0 Å². The summed E-state index contributed by atoms with van der Waals surface area (Å²) < 4.78 is 5.75. The summed E-state index contributed by atoms with van der Waals surface area (Å²) in [5.74, 6) is 1.53. The Morgan fingerprint density at radius 1 is 1.21 bits per heavy atom. The first-order valence-corrected chi connectivity index (χ1v) is 7.40. The van der Waals surface area contributed by atoms with E-state index >= 15 is 0 Å². The molecule has 2 heteroatoms. The molecule has 1 rings (SSSR count). The lowest BCUT2D eigenvalue weighted by Gasteiger charge is -2.15. The Kier molecular flexibility index (Phi) is 6.61. The van der Waals surface area contributed by atoms with Gasteiger partial charge in [-0.3, -0.25) is 4.79 Å². The van der Waals surface area contributed by atoms with Gasteiger partial charge < -0.3 is 4.74 Å². The van der Waals surface area contributed by atoms with E-state index in [1.54, 1.807) is 0 Å². The number of carbonyl (C=O) groups is 1. The second kappa shape index (κ2) is 7.98. The van der Waals surface area contributed by atoms with Crippen LogP contribution in [0, 0.1) is 0 Å². The summed E-state index contributed by atoms with van der Waals surface area (Å²) in [4.78, 5) is 12.1. The summed E-state index contributed by atoms with van der Waals surface area (Å²) >= 11 is 0. The third-order valence-electron chi connectivity index (χ3n) is 3.17. The highest BCUT2D eigenvalue weighted by Gasteiger charge is 2.12. The largest absolute Gasteiger partial charge is 0.493 e. The number of hydrogen-bond acceptors (Lipinski definition) is 2. The van der Waals surface area contributed by atoms with E-state index < -0.39 is 0 Å². The fourth-order valence-corrected chi connectivity index (χ4v) is 2.00. The van der Waals surface area contributed by atoms with Crippen molar-refractivity contribution < 1.29 is 9.53 Å². The van der Waals surface area contributed by atoms with Crippen molar-refractivity contribution in [1.82, 2.24) is 0 Å². The van der Waals surface area contributed by atoms with Crippen LogP contribution in [0.2, 0.25) is 0 Å². The topological polar surface area (TPSA) is 26.3 Å². The van der Waals surface area contributed by atoms with Gasteiger partial charge in [-0.2, -0.15) is 0 Å². The molecule has 0 aliphatic heterocycles. The standard InChI is InChI=1S/C17H26O2/c1-5-7-8-16(18)14-9-10-17(19-11-6-2)15(12-14)13(3)4/h9-10,12-13H,5-8,11H2,1-4H3. The molecule has 0 atom stereocenters. The Morgan fingerprint density at radius 3 is 2.53 bits per heavy atom. The zero-order valence-corrected chi connectivity index (χ0v) is 12.7. The lowest BCUT2D eigenvalue weighted by atomic mass is 9.96. The fourth-order valence-electron chi connectivity index (χ4n) is 2.00. The molecule has 1 aromatic rings. The molecule has 0 saturated heterocycles. The molecule has 0 N–H and O–H groups in total. The summed E-state index contributed by atoms with van der Waals surface area (Å²) in [7, 11) is 0. The van der Waals surface area contributed by atoms with Gasteiger partial charge in [-0.05, 0) is 42.5 Å². The van der Waals surface area contributed by atoms with Gasteiger partial charge in [0, 0.05) is 12.0 Å². The molecule has 0 heterocycles. The van der Waals surface area contributed by atoms with E-state index in [1.807, 2.05) is 18.2 Å². The highest BCUT2D eigenvalue weighted by atomic mass is 16.5. The molecule has 0 aliphatic rings. The number of ether oxygens (including phenoxy) is 1. The average Bonchev–Trinajstić information content (AvgIpc) is 2.42. The van der Waals surface area contributed by atoms with Gasteiger partial charge >= 0.3 is 0 Å². The molecule has 0 aliphatic carbocycles. The van der Waals surface area contributed by atoms with Crippen LogP contribution >= 0.6 is 0 Å². The van der Waals surface area contributed by atoms with E-state index in [9.17, 15) is 4.79 Å². The number of unbranched alkanes of at least 4 members (excludes halogenated alkanes) is 1. The molecule has 1 aromatic carbocycles. The van der Waals surface area contributed by atoms with Crippen molar-refractivity contribution in [3.63, 3.8) is 0 Å². The maximum Gasteiger partial charge on any atom is 0.162 e. The molecular weight excluding hydrogens is 236 g/mol. The highest BCUT2D eigenvalue weighted by Crippen LogP contribution is 2.28. The summed E-state index contributed by atoms with van der Waals surface area (Å²) in [5.41, 5.74) is 1.96. The highest BCUT2D eigenvalue weighted by molar-refractivity contribution is 5.96. The summed E-state index contributed by atoms with van der Waals surface area (Å²) in [6.45, 7) is 9.19. The van der Waals surface area contributed by atoms with Crippen LogP contribution in [-0.2, 0) is 0 Å². The first kappa shape index (κ1) is 15.7. The number of Topliss-reactive ketones (excluding diaryl/α,β-unsaturated/α-hetero) is 1. The molecule has 0 saturated carbocycles. The third-order valence-corrected chi connectivity index (χ3v) is 3.17. The Balaban J connectivity index is 2.92. The first-order valence-electron chi connectivity index (χ1n) is 7.40. The molecule has 0 aromatic heterocycles. The van der Waals surface area contributed by atoms with Crippen molar-refractivity contribution in [2.75, 3.05) is 6.61 Å².